The van der Waals surface area contributed by atoms with E-state index < -0.39 is 0 Å². The fraction of sp³-hybridized carbons (Fsp3) is 0.364. The molecule has 1 unspecified atom stereocenters. The molecule has 2 rings (SSSR count). The average Bonchev–Trinajstić information content (AvgIpc) is 2.79. The van der Waals surface area contributed by atoms with Gasteiger partial charge in [0.05, 0.1) is 27.4 Å². The van der Waals surface area contributed by atoms with Crippen molar-refractivity contribution in [2.24, 2.45) is 7.05 Å². The molecule has 0 bridgehead atoms. The summed E-state index contributed by atoms with van der Waals surface area (Å²) in [5.41, 5.74) is 2.25. The fourth-order valence-electron chi connectivity index (χ4n) is 1.51. The molecule has 0 aliphatic heterocycles. The highest BCUT2D eigenvalue weighted by atomic mass is 79.9. The monoisotopic (exact) mass is 299 g/mol. The van der Waals surface area contributed by atoms with Crippen LogP contribution in [0.3, 0.4) is 0 Å². The van der Waals surface area contributed by atoms with E-state index in [2.05, 4.69) is 52.3 Å². The van der Waals surface area contributed by atoms with E-state index >= 15 is 0 Å². The quantitative estimate of drug-likeness (QED) is 0.936. The second kappa shape index (κ2) is 4.59. The van der Waals surface area contributed by atoms with Gasteiger partial charge in [-0.2, -0.15) is 5.10 Å². The van der Waals surface area contributed by atoms with Crippen molar-refractivity contribution < 1.29 is 0 Å². The van der Waals surface area contributed by atoms with Gasteiger partial charge in [-0.15, -0.1) is 11.3 Å². The summed E-state index contributed by atoms with van der Waals surface area (Å²) >= 11 is 5.23. The van der Waals surface area contributed by atoms with Crippen molar-refractivity contribution in [3.05, 3.63) is 32.7 Å². The maximum absolute atomic E-state index is 4.22. The summed E-state index contributed by atoms with van der Waals surface area (Å²) in [6.07, 6.45) is 1.87. The summed E-state index contributed by atoms with van der Waals surface area (Å²) in [5.74, 6) is 0. The van der Waals surface area contributed by atoms with Crippen LogP contribution < -0.4 is 5.32 Å². The molecular weight excluding hydrogens is 286 g/mol. The Hall–Kier alpha value is -0.810. The number of aromatic nitrogens is 2. The summed E-state index contributed by atoms with van der Waals surface area (Å²) in [7, 11) is 1.95. The molecule has 1 N–H and O–H groups in total. The third-order valence-corrected chi connectivity index (χ3v) is 4.43. The zero-order valence-corrected chi connectivity index (χ0v) is 11.9. The third-order valence-electron chi connectivity index (χ3n) is 2.63. The van der Waals surface area contributed by atoms with Gasteiger partial charge in [-0.3, -0.25) is 4.68 Å². The smallest absolute Gasteiger partial charge is 0.0761 e. The molecule has 86 valence electrons. The van der Waals surface area contributed by atoms with Gasteiger partial charge in [0.15, 0.2) is 0 Å². The summed E-state index contributed by atoms with van der Waals surface area (Å²) in [6.45, 7) is 4.22. The van der Waals surface area contributed by atoms with Crippen LogP contribution in [0.25, 0.3) is 0 Å². The first-order valence-electron chi connectivity index (χ1n) is 5.08. The maximum Gasteiger partial charge on any atom is 0.0761 e. The molecule has 0 radical (unpaired) electrons. The molecule has 0 fully saturated rings. The topological polar surface area (TPSA) is 29.9 Å². The van der Waals surface area contributed by atoms with Crippen molar-refractivity contribution in [2.45, 2.75) is 19.9 Å². The minimum atomic E-state index is 0.305. The lowest BCUT2D eigenvalue weighted by atomic mass is 10.2. The van der Waals surface area contributed by atoms with Crippen LogP contribution in [0.1, 0.15) is 23.5 Å². The third kappa shape index (κ3) is 2.30. The minimum Gasteiger partial charge on any atom is -0.375 e. The second-order valence-corrected chi connectivity index (χ2v) is 6.27. The molecule has 0 saturated heterocycles. The van der Waals surface area contributed by atoms with Crippen LogP contribution in [-0.4, -0.2) is 9.78 Å². The largest absolute Gasteiger partial charge is 0.375 e. The van der Waals surface area contributed by atoms with Crippen LogP contribution >= 0.6 is 27.3 Å². The Bertz CT molecular complexity index is 489. The first-order chi connectivity index (χ1) is 7.58. The van der Waals surface area contributed by atoms with E-state index in [0.29, 0.717) is 6.04 Å². The van der Waals surface area contributed by atoms with Gasteiger partial charge in [0.2, 0.25) is 0 Å². The maximum atomic E-state index is 4.22. The van der Waals surface area contributed by atoms with Gasteiger partial charge < -0.3 is 5.32 Å². The highest BCUT2D eigenvalue weighted by molar-refractivity contribution is 9.11. The van der Waals surface area contributed by atoms with Gasteiger partial charge in [0.25, 0.3) is 0 Å². The Morgan fingerprint density at radius 2 is 2.25 bits per heavy atom. The van der Waals surface area contributed by atoms with Gasteiger partial charge in [0.1, 0.15) is 0 Å². The summed E-state index contributed by atoms with van der Waals surface area (Å²) < 4.78 is 3.04. The van der Waals surface area contributed by atoms with Gasteiger partial charge in [-0.1, -0.05) is 0 Å². The lowest BCUT2D eigenvalue weighted by Gasteiger charge is -2.12. The van der Waals surface area contributed by atoms with Crippen LogP contribution in [0.15, 0.2) is 22.1 Å². The Labute approximate surface area is 108 Å². The van der Waals surface area contributed by atoms with E-state index in [-0.39, 0.29) is 0 Å². The van der Waals surface area contributed by atoms with Crippen LogP contribution in [0, 0.1) is 6.92 Å². The molecule has 5 heteroatoms. The van der Waals surface area contributed by atoms with Crippen molar-refractivity contribution in [1.82, 2.24) is 9.78 Å². The molecule has 2 heterocycles. The van der Waals surface area contributed by atoms with Crippen LogP contribution in [0.2, 0.25) is 0 Å². The van der Waals surface area contributed by atoms with Gasteiger partial charge in [-0.25, -0.2) is 0 Å². The number of rotatable bonds is 3. The molecule has 0 aliphatic carbocycles. The Morgan fingerprint density at radius 3 is 2.75 bits per heavy atom. The summed E-state index contributed by atoms with van der Waals surface area (Å²) in [6, 6.07) is 4.52. The molecule has 0 amide bonds. The predicted molar refractivity (Wildman–Crippen MR) is 72.0 cm³/mol. The normalized spacial score (nSPS) is 12.8. The Kier molecular flexibility index (Phi) is 3.35. The predicted octanol–water partition coefficient (Wildman–Crippen LogP) is 3.73. The van der Waals surface area contributed by atoms with Crippen molar-refractivity contribution in [3.63, 3.8) is 0 Å². The fourth-order valence-corrected chi connectivity index (χ4v) is 2.93. The SMILES string of the molecule is Cc1c(NC(C)c2ccc(Br)s2)cnn1C. The highest BCUT2D eigenvalue weighted by Gasteiger charge is 2.10. The van der Waals surface area contributed by atoms with Gasteiger partial charge in [0, 0.05) is 11.9 Å². The van der Waals surface area contributed by atoms with E-state index in [1.54, 1.807) is 11.3 Å². The average molecular weight is 300 g/mol. The lowest BCUT2D eigenvalue weighted by Crippen LogP contribution is -2.05. The van der Waals surface area contributed by atoms with Crippen LogP contribution in [0.5, 0.6) is 0 Å². The number of hydrogen-bond acceptors (Lipinski definition) is 3. The number of aryl methyl sites for hydroxylation is 1. The van der Waals surface area contributed by atoms with E-state index in [1.165, 1.54) is 8.66 Å². The van der Waals surface area contributed by atoms with Crippen LogP contribution in [0.4, 0.5) is 5.69 Å². The Balaban J connectivity index is 2.13. The van der Waals surface area contributed by atoms with Gasteiger partial charge >= 0.3 is 0 Å². The number of anilines is 1. The first kappa shape index (κ1) is 11.7. The summed E-state index contributed by atoms with van der Waals surface area (Å²) in [4.78, 5) is 1.31. The molecule has 0 aliphatic rings. The van der Waals surface area contributed by atoms with Gasteiger partial charge in [-0.05, 0) is 41.9 Å². The molecule has 2 aromatic rings. The van der Waals surface area contributed by atoms with Crippen molar-refractivity contribution in [3.8, 4) is 0 Å². The number of halogens is 1. The molecule has 0 saturated carbocycles. The minimum absolute atomic E-state index is 0.305. The number of hydrogen-bond donors (Lipinski definition) is 1. The molecular formula is C11H14BrN3S. The number of thiophene rings is 1. The number of nitrogens with one attached hydrogen (secondary N) is 1. The van der Waals surface area contributed by atoms with E-state index in [9.17, 15) is 0 Å². The zero-order chi connectivity index (χ0) is 11.7. The molecule has 16 heavy (non-hydrogen) atoms. The molecule has 3 nitrogen and oxygen atoms in total. The molecule has 0 aromatic carbocycles. The van der Waals surface area contributed by atoms with Crippen LogP contribution in [-0.2, 0) is 7.05 Å². The standard InChI is InChI=1S/C11H14BrN3S/c1-7(10-4-5-11(12)16-10)14-9-6-13-15(3)8(9)2/h4-7,14H,1-3H3. The van der Waals surface area contributed by atoms with Crippen molar-refractivity contribution >= 4 is 33.0 Å². The number of nitrogens with zero attached hydrogens (tertiary/aromatic N) is 2. The highest BCUT2D eigenvalue weighted by Crippen LogP contribution is 2.29. The summed E-state index contributed by atoms with van der Waals surface area (Å²) in [5, 5.41) is 7.68. The second-order valence-electron chi connectivity index (χ2n) is 3.78. The van der Waals surface area contributed by atoms with E-state index in [0.717, 1.165) is 11.4 Å². The van der Waals surface area contributed by atoms with Crippen molar-refractivity contribution in [1.29, 1.82) is 0 Å². The molecule has 0 spiro atoms. The van der Waals surface area contributed by atoms with E-state index in [4.69, 9.17) is 0 Å². The van der Waals surface area contributed by atoms with Crippen molar-refractivity contribution in [2.75, 3.05) is 5.32 Å². The molecule has 1 atom stereocenters. The zero-order valence-electron chi connectivity index (χ0n) is 9.49. The molecule has 2 aromatic heterocycles. The lowest BCUT2D eigenvalue weighted by molar-refractivity contribution is 0.739. The Morgan fingerprint density at radius 1 is 1.50 bits per heavy atom. The first-order valence-corrected chi connectivity index (χ1v) is 6.69. The van der Waals surface area contributed by atoms with E-state index in [1.807, 2.05) is 17.9 Å².